The van der Waals surface area contributed by atoms with Gasteiger partial charge in [0.05, 0.1) is 23.3 Å². The summed E-state index contributed by atoms with van der Waals surface area (Å²) >= 11 is 0. The molecule has 7 nitrogen and oxygen atoms in total. The van der Waals surface area contributed by atoms with Gasteiger partial charge in [-0.3, -0.25) is 5.10 Å². The summed E-state index contributed by atoms with van der Waals surface area (Å²) in [7, 11) is 0. The van der Waals surface area contributed by atoms with Crippen molar-refractivity contribution in [3.63, 3.8) is 0 Å². The topological polar surface area (TPSA) is 84.3 Å². The summed E-state index contributed by atoms with van der Waals surface area (Å²) in [6, 6.07) is 12.3. The molecule has 0 unspecified atom stereocenters. The van der Waals surface area contributed by atoms with Crippen molar-refractivity contribution >= 4 is 33.4 Å². The summed E-state index contributed by atoms with van der Waals surface area (Å²) in [4.78, 5) is 8.57. The van der Waals surface area contributed by atoms with E-state index in [-0.39, 0.29) is 5.82 Å². The Morgan fingerprint density at radius 3 is 2.88 bits per heavy atom. The van der Waals surface area contributed by atoms with Crippen LogP contribution >= 0.6 is 0 Å². The van der Waals surface area contributed by atoms with Crippen molar-refractivity contribution in [2.45, 2.75) is 0 Å². The Hall–Kier alpha value is -3.81. The third-order valence-corrected chi connectivity index (χ3v) is 4.15. The Kier molecular flexibility index (Phi) is 3.14. The monoisotopic (exact) mass is 345 g/mol. The minimum absolute atomic E-state index is 0.339. The maximum Gasteiger partial charge on any atom is 0.168 e. The molecular weight excluding hydrogens is 333 g/mol. The molecule has 0 radical (unpaired) electrons. The minimum Gasteiger partial charge on any atom is -0.339 e. The van der Waals surface area contributed by atoms with Crippen LogP contribution in [0.25, 0.3) is 27.6 Å². The lowest BCUT2D eigenvalue weighted by Gasteiger charge is -2.07. The molecular formula is C18H12FN7. The van der Waals surface area contributed by atoms with E-state index in [1.165, 1.54) is 17.1 Å². The van der Waals surface area contributed by atoms with Crippen LogP contribution in [0.2, 0.25) is 0 Å². The Balaban J connectivity index is 1.60. The predicted octanol–water partition coefficient (Wildman–Crippen LogP) is 3.57. The van der Waals surface area contributed by atoms with E-state index in [0.717, 1.165) is 16.6 Å². The van der Waals surface area contributed by atoms with Crippen LogP contribution < -0.4 is 5.32 Å². The quantitative estimate of drug-likeness (QED) is 0.522. The summed E-state index contributed by atoms with van der Waals surface area (Å²) in [6.45, 7) is 0. The molecule has 5 rings (SSSR count). The standard InChI is InChI=1S/C18H12FN7/c19-14-3-1-2-4-16(14)26-18-13(9-23-26)17(20-10-21-18)24-12-6-5-11-8-22-25-15(11)7-12/h1-10H,(H,22,25)(H,20,21,24). The second-order valence-electron chi connectivity index (χ2n) is 5.76. The molecule has 126 valence electrons. The largest absolute Gasteiger partial charge is 0.339 e. The Bertz CT molecular complexity index is 1240. The summed E-state index contributed by atoms with van der Waals surface area (Å²) < 4.78 is 15.6. The number of rotatable bonds is 3. The first-order valence-electron chi connectivity index (χ1n) is 7.93. The van der Waals surface area contributed by atoms with Crippen molar-refractivity contribution in [1.82, 2.24) is 29.9 Å². The fourth-order valence-corrected chi connectivity index (χ4v) is 2.90. The van der Waals surface area contributed by atoms with Gasteiger partial charge in [-0.05, 0) is 30.3 Å². The number of para-hydroxylation sites is 1. The molecule has 8 heteroatoms. The van der Waals surface area contributed by atoms with Gasteiger partial charge in [-0.1, -0.05) is 12.1 Å². The van der Waals surface area contributed by atoms with Gasteiger partial charge in [0.1, 0.15) is 23.6 Å². The average Bonchev–Trinajstić information content (AvgIpc) is 3.29. The molecule has 2 N–H and O–H groups in total. The maximum atomic E-state index is 14.1. The van der Waals surface area contributed by atoms with Gasteiger partial charge in [0.15, 0.2) is 5.65 Å². The molecule has 3 aromatic heterocycles. The number of anilines is 2. The highest BCUT2D eigenvalue weighted by Gasteiger charge is 2.13. The number of fused-ring (bicyclic) bond motifs is 2. The lowest BCUT2D eigenvalue weighted by Crippen LogP contribution is -2.01. The Labute approximate surface area is 146 Å². The van der Waals surface area contributed by atoms with Crippen molar-refractivity contribution in [3.8, 4) is 5.69 Å². The van der Waals surface area contributed by atoms with Crippen LogP contribution in [-0.4, -0.2) is 29.9 Å². The number of hydrogen-bond acceptors (Lipinski definition) is 5. The molecule has 0 saturated carbocycles. The van der Waals surface area contributed by atoms with Crippen LogP contribution in [0.5, 0.6) is 0 Å². The summed E-state index contributed by atoms with van der Waals surface area (Å²) in [5, 5.41) is 16.2. The molecule has 0 aliphatic rings. The number of nitrogens with one attached hydrogen (secondary N) is 2. The number of aromatic amines is 1. The van der Waals surface area contributed by atoms with E-state index in [2.05, 4.69) is 30.6 Å². The zero-order chi connectivity index (χ0) is 17.5. The average molecular weight is 345 g/mol. The minimum atomic E-state index is -0.365. The number of nitrogens with zero attached hydrogens (tertiary/aromatic N) is 5. The molecule has 0 spiro atoms. The van der Waals surface area contributed by atoms with Gasteiger partial charge < -0.3 is 5.32 Å². The van der Waals surface area contributed by atoms with Crippen molar-refractivity contribution in [3.05, 3.63) is 67.0 Å². The van der Waals surface area contributed by atoms with Crippen molar-refractivity contribution in [2.24, 2.45) is 0 Å². The van der Waals surface area contributed by atoms with Crippen molar-refractivity contribution in [1.29, 1.82) is 0 Å². The highest BCUT2D eigenvalue weighted by molar-refractivity contribution is 5.90. The summed E-state index contributed by atoms with van der Waals surface area (Å²) in [5.74, 6) is 0.228. The number of benzene rings is 2. The first kappa shape index (κ1) is 14.5. The lowest BCUT2D eigenvalue weighted by atomic mass is 10.2. The molecule has 26 heavy (non-hydrogen) atoms. The van der Waals surface area contributed by atoms with E-state index in [0.29, 0.717) is 22.5 Å². The highest BCUT2D eigenvalue weighted by Crippen LogP contribution is 2.26. The zero-order valence-corrected chi connectivity index (χ0v) is 13.4. The third kappa shape index (κ3) is 2.27. The normalized spacial score (nSPS) is 11.3. The molecule has 0 aliphatic carbocycles. The van der Waals surface area contributed by atoms with Crippen LogP contribution in [0, 0.1) is 5.82 Å². The fraction of sp³-hybridized carbons (Fsp3) is 0. The second kappa shape index (κ2) is 5.62. The smallest absolute Gasteiger partial charge is 0.168 e. The van der Waals surface area contributed by atoms with Gasteiger partial charge in [-0.15, -0.1) is 0 Å². The Morgan fingerprint density at radius 2 is 1.96 bits per heavy atom. The maximum absolute atomic E-state index is 14.1. The number of hydrogen-bond donors (Lipinski definition) is 2. The molecule has 0 saturated heterocycles. The van der Waals surface area contributed by atoms with E-state index in [4.69, 9.17) is 0 Å². The van der Waals surface area contributed by atoms with Crippen molar-refractivity contribution in [2.75, 3.05) is 5.32 Å². The molecule has 2 aromatic carbocycles. The van der Waals surface area contributed by atoms with Crippen LogP contribution in [-0.2, 0) is 0 Å². The van der Waals surface area contributed by atoms with E-state index >= 15 is 0 Å². The molecule has 5 aromatic rings. The number of halogens is 1. The highest BCUT2D eigenvalue weighted by atomic mass is 19.1. The van der Waals surface area contributed by atoms with Gasteiger partial charge in [0.25, 0.3) is 0 Å². The molecule has 0 amide bonds. The van der Waals surface area contributed by atoms with Crippen LogP contribution in [0.15, 0.2) is 61.2 Å². The third-order valence-electron chi connectivity index (χ3n) is 4.15. The first-order valence-corrected chi connectivity index (χ1v) is 7.93. The van der Waals surface area contributed by atoms with Gasteiger partial charge >= 0.3 is 0 Å². The van der Waals surface area contributed by atoms with Gasteiger partial charge in [0, 0.05) is 11.1 Å². The molecule has 3 heterocycles. The van der Waals surface area contributed by atoms with Crippen molar-refractivity contribution < 1.29 is 4.39 Å². The van der Waals surface area contributed by atoms with E-state index in [1.807, 2.05) is 18.2 Å². The van der Waals surface area contributed by atoms with Gasteiger partial charge in [-0.2, -0.15) is 10.2 Å². The predicted molar refractivity (Wildman–Crippen MR) is 96.0 cm³/mol. The molecule has 0 aliphatic heterocycles. The SMILES string of the molecule is Fc1ccccc1-n1ncc2c(Nc3ccc4cn[nH]c4c3)ncnc21. The van der Waals surface area contributed by atoms with Crippen LogP contribution in [0.1, 0.15) is 0 Å². The fourth-order valence-electron chi connectivity index (χ4n) is 2.90. The lowest BCUT2D eigenvalue weighted by molar-refractivity contribution is 0.612. The molecule has 0 bridgehead atoms. The van der Waals surface area contributed by atoms with E-state index in [9.17, 15) is 4.39 Å². The number of aromatic nitrogens is 6. The summed E-state index contributed by atoms with van der Waals surface area (Å²) in [6.07, 6.45) is 4.82. The molecule has 0 atom stereocenters. The Morgan fingerprint density at radius 1 is 1.04 bits per heavy atom. The van der Waals surface area contributed by atoms with Crippen LogP contribution in [0.4, 0.5) is 15.9 Å². The molecule has 0 fully saturated rings. The van der Waals surface area contributed by atoms with Gasteiger partial charge in [-0.25, -0.2) is 19.0 Å². The first-order chi connectivity index (χ1) is 12.8. The zero-order valence-electron chi connectivity index (χ0n) is 13.4. The van der Waals surface area contributed by atoms with Crippen LogP contribution in [0.3, 0.4) is 0 Å². The second-order valence-corrected chi connectivity index (χ2v) is 5.76. The summed E-state index contributed by atoms with van der Waals surface area (Å²) in [5.41, 5.74) is 2.63. The number of H-pyrrole nitrogens is 1. The van der Waals surface area contributed by atoms with E-state index in [1.54, 1.807) is 30.6 Å². The van der Waals surface area contributed by atoms with Gasteiger partial charge in [0.2, 0.25) is 0 Å². The van der Waals surface area contributed by atoms with E-state index < -0.39 is 0 Å².